The van der Waals surface area contributed by atoms with Crippen molar-refractivity contribution in [2.24, 2.45) is 0 Å². The van der Waals surface area contributed by atoms with Crippen molar-refractivity contribution in [3.05, 3.63) is 22.6 Å². The molecule has 0 saturated carbocycles. The molecule has 0 fully saturated rings. The van der Waals surface area contributed by atoms with E-state index in [1.165, 1.54) is 11.3 Å². The van der Waals surface area contributed by atoms with Crippen molar-refractivity contribution in [1.29, 1.82) is 0 Å². The normalized spacial score (nSPS) is 10.5. The highest BCUT2D eigenvalue weighted by Crippen LogP contribution is 2.30. The lowest BCUT2D eigenvalue weighted by Crippen LogP contribution is -2.00. The van der Waals surface area contributed by atoms with Gasteiger partial charge in [-0.05, 0) is 13.8 Å². The third kappa shape index (κ3) is 2.09. The van der Waals surface area contributed by atoms with Gasteiger partial charge in [0.1, 0.15) is 16.6 Å². The van der Waals surface area contributed by atoms with E-state index in [0.29, 0.717) is 27.1 Å². The monoisotopic (exact) mass is 250 g/mol. The van der Waals surface area contributed by atoms with Crippen molar-refractivity contribution in [2.45, 2.75) is 13.8 Å². The minimum Gasteiger partial charge on any atom is -0.476 e. The number of carboxylic acids is 1. The zero-order valence-electron chi connectivity index (χ0n) is 9.26. The van der Waals surface area contributed by atoms with E-state index in [4.69, 9.17) is 10.8 Å². The van der Waals surface area contributed by atoms with Crippen LogP contribution in [-0.4, -0.2) is 26.0 Å². The van der Waals surface area contributed by atoms with Gasteiger partial charge in [0.05, 0.1) is 5.56 Å². The SMILES string of the molecule is Cc1ncc(-c2nc(C(=O)O)c(C)s2)c(N)n1. The maximum absolute atomic E-state index is 10.9. The molecule has 0 aliphatic heterocycles. The predicted octanol–water partition coefficient (Wildman–Crippen LogP) is 1.50. The smallest absolute Gasteiger partial charge is 0.355 e. The summed E-state index contributed by atoms with van der Waals surface area (Å²) < 4.78 is 0. The van der Waals surface area contributed by atoms with Crippen LogP contribution < -0.4 is 5.73 Å². The Balaban J connectivity index is 2.53. The van der Waals surface area contributed by atoms with Gasteiger partial charge in [-0.15, -0.1) is 11.3 Å². The van der Waals surface area contributed by atoms with E-state index in [-0.39, 0.29) is 5.69 Å². The van der Waals surface area contributed by atoms with Gasteiger partial charge in [-0.25, -0.2) is 19.7 Å². The molecule has 0 aromatic carbocycles. The fourth-order valence-corrected chi connectivity index (χ4v) is 2.29. The molecule has 88 valence electrons. The number of hydrogen-bond donors (Lipinski definition) is 2. The van der Waals surface area contributed by atoms with Crippen LogP contribution in [0.4, 0.5) is 5.82 Å². The van der Waals surface area contributed by atoms with E-state index < -0.39 is 5.97 Å². The van der Waals surface area contributed by atoms with Gasteiger partial charge in [-0.2, -0.15) is 0 Å². The molecule has 6 nitrogen and oxygen atoms in total. The number of carbonyl (C=O) groups is 1. The molecule has 0 aliphatic rings. The third-order valence-corrected chi connectivity index (χ3v) is 3.17. The summed E-state index contributed by atoms with van der Waals surface area (Å²) in [5.41, 5.74) is 6.37. The van der Waals surface area contributed by atoms with E-state index in [1.54, 1.807) is 20.0 Å². The molecule has 0 spiro atoms. The standard InChI is InChI=1S/C10H10N4O2S/c1-4-7(10(15)16)14-9(17-4)6-3-12-5(2)13-8(6)11/h3H,1-2H3,(H,15,16)(H2,11,12,13). The number of thiazole rings is 1. The molecule has 0 bridgehead atoms. The number of rotatable bonds is 2. The molecule has 7 heteroatoms. The van der Waals surface area contributed by atoms with E-state index in [9.17, 15) is 4.79 Å². The summed E-state index contributed by atoms with van der Waals surface area (Å²) in [5.74, 6) is -0.169. The Morgan fingerprint density at radius 2 is 2.12 bits per heavy atom. The third-order valence-electron chi connectivity index (χ3n) is 2.17. The van der Waals surface area contributed by atoms with Gasteiger partial charge in [-0.3, -0.25) is 0 Å². The Morgan fingerprint density at radius 3 is 2.65 bits per heavy atom. The van der Waals surface area contributed by atoms with Crippen molar-refractivity contribution in [3.63, 3.8) is 0 Å². The number of anilines is 1. The van der Waals surface area contributed by atoms with Crippen LogP contribution in [0.15, 0.2) is 6.20 Å². The van der Waals surface area contributed by atoms with Gasteiger partial charge in [-0.1, -0.05) is 0 Å². The molecule has 3 N–H and O–H groups in total. The summed E-state index contributed by atoms with van der Waals surface area (Å²) in [4.78, 5) is 23.6. The highest BCUT2D eigenvalue weighted by molar-refractivity contribution is 7.15. The Morgan fingerprint density at radius 1 is 1.41 bits per heavy atom. The number of nitrogen functional groups attached to an aromatic ring is 1. The van der Waals surface area contributed by atoms with Gasteiger partial charge in [0.15, 0.2) is 5.69 Å². The minimum absolute atomic E-state index is 0.0463. The fourth-order valence-electron chi connectivity index (χ4n) is 1.36. The summed E-state index contributed by atoms with van der Waals surface area (Å²) in [7, 11) is 0. The molecule has 0 aliphatic carbocycles. The first-order valence-corrected chi connectivity index (χ1v) is 5.61. The summed E-state index contributed by atoms with van der Waals surface area (Å²) in [6, 6.07) is 0. The second-order valence-corrected chi connectivity index (χ2v) is 4.65. The molecule has 0 atom stereocenters. The van der Waals surface area contributed by atoms with Crippen molar-refractivity contribution >= 4 is 23.1 Å². The molecule has 2 rings (SSSR count). The van der Waals surface area contributed by atoms with Crippen molar-refractivity contribution in [2.75, 3.05) is 5.73 Å². The van der Waals surface area contributed by atoms with Gasteiger partial charge in [0.25, 0.3) is 0 Å². The van der Waals surface area contributed by atoms with Gasteiger partial charge < -0.3 is 10.8 Å². The lowest BCUT2D eigenvalue weighted by atomic mass is 10.3. The number of hydrogen-bond acceptors (Lipinski definition) is 6. The average Bonchev–Trinajstić information content (AvgIpc) is 2.60. The molecule has 2 aromatic rings. The Hall–Kier alpha value is -2.02. The molecule has 0 saturated heterocycles. The van der Waals surface area contributed by atoms with E-state index >= 15 is 0 Å². The summed E-state index contributed by atoms with van der Waals surface area (Å²) in [6.45, 7) is 3.44. The Bertz CT molecular complexity index is 594. The quantitative estimate of drug-likeness (QED) is 0.837. The van der Waals surface area contributed by atoms with Crippen LogP contribution in [0.2, 0.25) is 0 Å². The molecular formula is C10H10N4O2S. The zero-order valence-corrected chi connectivity index (χ0v) is 10.1. The number of aromatic nitrogens is 3. The number of carboxylic acid groups (broad SMARTS) is 1. The van der Waals surface area contributed by atoms with Crippen molar-refractivity contribution < 1.29 is 9.90 Å². The van der Waals surface area contributed by atoms with Gasteiger partial charge in [0.2, 0.25) is 0 Å². The first-order chi connectivity index (χ1) is 7.99. The maximum Gasteiger partial charge on any atom is 0.355 e. The average molecular weight is 250 g/mol. The predicted molar refractivity (Wildman–Crippen MR) is 64.0 cm³/mol. The van der Waals surface area contributed by atoms with E-state index in [1.807, 2.05) is 0 Å². The number of nitrogens with zero attached hydrogens (tertiary/aromatic N) is 3. The van der Waals surface area contributed by atoms with Crippen LogP contribution in [-0.2, 0) is 0 Å². The van der Waals surface area contributed by atoms with Crippen LogP contribution in [0.3, 0.4) is 0 Å². The first kappa shape index (κ1) is 11.5. The summed E-state index contributed by atoms with van der Waals surface area (Å²) >= 11 is 1.26. The highest BCUT2D eigenvalue weighted by Gasteiger charge is 2.17. The van der Waals surface area contributed by atoms with Gasteiger partial charge >= 0.3 is 5.97 Å². The van der Waals surface area contributed by atoms with E-state index in [0.717, 1.165) is 0 Å². The molecule has 0 radical (unpaired) electrons. The van der Waals surface area contributed by atoms with Crippen LogP contribution in [0.1, 0.15) is 21.2 Å². The Kier molecular flexibility index (Phi) is 2.76. The lowest BCUT2D eigenvalue weighted by molar-refractivity contribution is 0.0690. The zero-order chi connectivity index (χ0) is 12.6. The van der Waals surface area contributed by atoms with Crippen LogP contribution in [0.25, 0.3) is 10.6 Å². The van der Waals surface area contributed by atoms with Gasteiger partial charge in [0, 0.05) is 11.1 Å². The second kappa shape index (κ2) is 4.10. The largest absolute Gasteiger partial charge is 0.476 e. The van der Waals surface area contributed by atoms with Crippen LogP contribution in [0, 0.1) is 13.8 Å². The number of nitrogens with two attached hydrogens (primary N) is 1. The number of aryl methyl sites for hydroxylation is 2. The number of aromatic carboxylic acids is 1. The molecular weight excluding hydrogens is 240 g/mol. The molecule has 2 heterocycles. The minimum atomic E-state index is -1.04. The molecule has 17 heavy (non-hydrogen) atoms. The van der Waals surface area contributed by atoms with E-state index in [2.05, 4.69) is 15.0 Å². The Labute approximate surface area is 101 Å². The topological polar surface area (TPSA) is 102 Å². The fraction of sp³-hybridized carbons (Fsp3) is 0.200. The maximum atomic E-state index is 10.9. The lowest BCUT2D eigenvalue weighted by Gasteiger charge is -2.00. The second-order valence-electron chi connectivity index (χ2n) is 3.45. The van der Waals surface area contributed by atoms with Crippen molar-refractivity contribution in [1.82, 2.24) is 15.0 Å². The summed E-state index contributed by atoms with van der Waals surface area (Å²) in [6.07, 6.45) is 1.56. The van der Waals surface area contributed by atoms with Crippen molar-refractivity contribution in [3.8, 4) is 10.6 Å². The first-order valence-electron chi connectivity index (χ1n) is 4.79. The molecule has 2 aromatic heterocycles. The van der Waals surface area contributed by atoms with Crippen LogP contribution in [0.5, 0.6) is 0 Å². The summed E-state index contributed by atoms with van der Waals surface area (Å²) in [5, 5.41) is 9.45. The molecule has 0 amide bonds. The molecule has 0 unspecified atom stereocenters. The van der Waals surface area contributed by atoms with Crippen LogP contribution >= 0.6 is 11.3 Å². The highest BCUT2D eigenvalue weighted by atomic mass is 32.1.